The van der Waals surface area contributed by atoms with Crippen LogP contribution in [0.1, 0.15) is 44.6 Å². The predicted octanol–water partition coefficient (Wildman–Crippen LogP) is 3.67. The molecule has 2 aliphatic rings. The smallest absolute Gasteiger partial charge is 0.336 e. The Kier molecular flexibility index (Phi) is 6.90. The van der Waals surface area contributed by atoms with Crippen molar-refractivity contribution in [3.8, 4) is 11.5 Å². The summed E-state index contributed by atoms with van der Waals surface area (Å²) in [4.78, 5) is 25.9. The highest BCUT2D eigenvalue weighted by molar-refractivity contribution is 7.99. The fraction of sp³-hybridized carbons (Fsp3) is 0.455. The maximum absolute atomic E-state index is 13.0. The van der Waals surface area contributed by atoms with Crippen molar-refractivity contribution in [2.45, 2.75) is 39.0 Å². The molecule has 0 unspecified atom stereocenters. The van der Waals surface area contributed by atoms with Crippen molar-refractivity contribution in [1.29, 1.82) is 0 Å². The van der Waals surface area contributed by atoms with Gasteiger partial charge in [0.05, 0.1) is 12.7 Å². The summed E-state index contributed by atoms with van der Waals surface area (Å²) in [5.41, 5.74) is 3.34. The molecule has 0 spiro atoms. The number of phenolic OH excluding ortho intramolecular Hbond substituents is 1. The first kappa shape index (κ1) is 21.3. The Morgan fingerprint density at radius 1 is 1.34 bits per heavy atom. The number of hydrogen-bond acceptors (Lipinski definition) is 7. The zero-order valence-electron chi connectivity index (χ0n) is 17.0. The molecule has 1 heterocycles. The molecule has 0 fully saturated rings. The Balaban J connectivity index is 2.03. The van der Waals surface area contributed by atoms with E-state index >= 15 is 0 Å². The number of Topliss-reactive ketones (excluding diaryl/α,β-unsaturated/α-hetero) is 1. The standard InChI is InChI=1S/C22H27NO5S/c1-4-29-11-10-28-22(26)19-13(2)23-15-6-5-7-17(25)21(15)20(19)14-8-9-16(24)18(12-14)27-3/h8-9,12,20,23-24H,4-7,10-11H2,1-3H3/t20-/m1/s1. The predicted molar refractivity (Wildman–Crippen MR) is 113 cm³/mol. The van der Waals surface area contributed by atoms with Crippen LogP contribution in [0.3, 0.4) is 0 Å². The van der Waals surface area contributed by atoms with E-state index in [4.69, 9.17) is 9.47 Å². The molecule has 156 valence electrons. The summed E-state index contributed by atoms with van der Waals surface area (Å²) < 4.78 is 10.8. The molecule has 3 rings (SSSR count). The first-order valence-corrected chi connectivity index (χ1v) is 11.0. The summed E-state index contributed by atoms with van der Waals surface area (Å²) in [5.74, 6) is 1.07. The number of phenols is 1. The van der Waals surface area contributed by atoms with E-state index in [-0.39, 0.29) is 11.5 Å². The Labute approximate surface area is 175 Å². The van der Waals surface area contributed by atoms with Gasteiger partial charge in [0, 0.05) is 35.1 Å². The van der Waals surface area contributed by atoms with Crippen molar-refractivity contribution in [2.75, 3.05) is 25.2 Å². The number of carbonyl (C=O) groups is 2. The number of dihydropyridines is 1. The van der Waals surface area contributed by atoms with Gasteiger partial charge in [0.25, 0.3) is 0 Å². The average molecular weight is 418 g/mol. The van der Waals surface area contributed by atoms with Gasteiger partial charge < -0.3 is 19.9 Å². The number of nitrogens with one attached hydrogen (secondary N) is 1. The van der Waals surface area contributed by atoms with Crippen molar-refractivity contribution >= 4 is 23.5 Å². The minimum atomic E-state index is -0.542. The third-order valence-corrected chi connectivity index (χ3v) is 6.06. The molecule has 7 heteroatoms. The Bertz CT molecular complexity index is 874. The van der Waals surface area contributed by atoms with Crippen LogP contribution in [0.25, 0.3) is 0 Å². The minimum Gasteiger partial charge on any atom is -0.504 e. The topological polar surface area (TPSA) is 84.9 Å². The molecule has 0 bridgehead atoms. The van der Waals surface area contributed by atoms with Crippen LogP contribution in [0, 0.1) is 0 Å². The highest BCUT2D eigenvalue weighted by Crippen LogP contribution is 2.44. The summed E-state index contributed by atoms with van der Waals surface area (Å²) in [6.07, 6.45) is 2.01. The zero-order valence-corrected chi connectivity index (χ0v) is 17.9. The van der Waals surface area contributed by atoms with Crippen molar-refractivity contribution in [1.82, 2.24) is 5.32 Å². The highest BCUT2D eigenvalue weighted by atomic mass is 32.2. The van der Waals surface area contributed by atoms with Gasteiger partial charge in [-0.05, 0) is 43.2 Å². The molecule has 1 aromatic carbocycles. The van der Waals surface area contributed by atoms with Gasteiger partial charge in [-0.25, -0.2) is 4.79 Å². The Morgan fingerprint density at radius 3 is 2.86 bits per heavy atom. The van der Waals surface area contributed by atoms with Gasteiger partial charge in [0.2, 0.25) is 0 Å². The van der Waals surface area contributed by atoms with Crippen LogP contribution in [-0.2, 0) is 14.3 Å². The van der Waals surface area contributed by atoms with E-state index in [0.717, 1.165) is 35.6 Å². The summed E-state index contributed by atoms with van der Waals surface area (Å²) in [6, 6.07) is 4.94. The van der Waals surface area contributed by atoms with E-state index in [0.29, 0.717) is 35.6 Å². The molecule has 1 aliphatic heterocycles. The first-order valence-electron chi connectivity index (χ1n) is 9.83. The molecule has 29 heavy (non-hydrogen) atoms. The second-order valence-corrected chi connectivity index (χ2v) is 8.42. The lowest BCUT2D eigenvalue weighted by Crippen LogP contribution is -2.34. The number of ketones is 1. The molecule has 1 aliphatic carbocycles. The maximum atomic E-state index is 13.0. The van der Waals surface area contributed by atoms with Gasteiger partial charge in [-0.1, -0.05) is 13.0 Å². The molecule has 6 nitrogen and oxygen atoms in total. The lowest BCUT2D eigenvalue weighted by Gasteiger charge is -2.34. The van der Waals surface area contributed by atoms with Crippen LogP contribution < -0.4 is 10.1 Å². The minimum absolute atomic E-state index is 0.00998. The van der Waals surface area contributed by atoms with E-state index in [1.165, 1.54) is 13.2 Å². The number of aromatic hydroxyl groups is 1. The average Bonchev–Trinajstić information content (AvgIpc) is 2.70. The number of allylic oxidation sites excluding steroid dienone is 3. The fourth-order valence-electron chi connectivity index (χ4n) is 3.88. The van der Waals surface area contributed by atoms with Gasteiger partial charge in [0.1, 0.15) is 6.61 Å². The number of esters is 1. The van der Waals surface area contributed by atoms with Crippen molar-refractivity contribution in [3.05, 3.63) is 46.3 Å². The summed E-state index contributed by atoms with van der Waals surface area (Å²) in [7, 11) is 1.47. The largest absolute Gasteiger partial charge is 0.504 e. The fourth-order valence-corrected chi connectivity index (χ4v) is 4.37. The normalized spacial score (nSPS) is 19.0. The quantitative estimate of drug-likeness (QED) is 0.517. The number of benzene rings is 1. The van der Waals surface area contributed by atoms with Gasteiger partial charge in [-0.3, -0.25) is 4.79 Å². The van der Waals surface area contributed by atoms with Crippen molar-refractivity contribution in [3.63, 3.8) is 0 Å². The molecule has 0 aromatic heterocycles. The Hall–Kier alpha value is -2.41. The number of carbonyl (C=O) groups excluding carboxylic acids is 2. The second kappa shape index (κ2) is 9.39. The summed E-state index contributed by atoms with van der Waals surface area (Å²) in [5, 5.41) is 13.3. The molecule has 1 atom stereocenters. The van der Waals surface area contributed by atoms with Crippen molar-refractivity contribution < 1.29 is 24.2 Å². The van der Waals surface area contributed by atoms with Crippen LogP contribution in [0.15, 0.2) is 40.7 Å². The lowest BCUT2D eigenvalue weighted by atomic mass is 9.75. The summed E-state index contributed by atoms with van der Waals surface area (Å²) >= 11 is 1.70. The first-order chi connectivity index (χ1) is 14.0. The molecular formula is C22H27NO5S. The molecule has 0 saturated heterocycles. The molecule has 0 amide bonds. The zero-order chi connectivity index (χ0) is 21.0. The van der Waals surface area contributed by atoms with E-state index in [1.54, 1.807) is 23.9 Å². The number of rotatable bonds is 7. The second-order valence-electron chi connectivity index (χ2n) is 7.03. The third-order valence-electron chi connectivity index (χ3n) is 5.20. The van der Waals surface area contributed by atoms with Crippen molar-refractivity contribution in [2.24, 2.45) is 0 Å². The highest BCUT2D eigenvalue weighted by Gasteiger charge is 2.39. The molecule has 0 radical (unpaired) electrons. The number of ether oxygens (including phenoxy) is 2. The van der Waals surface area contributed by atoms with Gasteiger partial charge in [-0.15, -0.1) is 0 Å². The molecule has 0 saturated carbocycles. The van der Waals surface area contributed by atoms with E-state index < -0.39 is 11.9 Å². The molecule has 2 N–H and O–H groups in total. The van der Waals surface area contributed by atoms with Crippen LogP contribution in [0.2, 0.25) is 0 Å². The summed E-state index contributed by atoms with van der Waals surface area (Å²) in [6.45, 7) is 4.21. The monoisotopic (exact) mass is 417 g/mol. The van der Waals surface area contributed by atoms with E-state index in [1.807, 2.05) is 6.92 Å². The van der Waals surface area contributed by atoms with Gasteiger partial charge in [-0.2, -0.15) is 11.8 Å². The molecule has 1 aromatic rings. The van der Waals surface area contributed by atoms with E-state index in [9.17, 15) is 14.7 Å². The van der Waals surface area contributed by atoms with Gasteiger partial charge in [0.15, 0.2) is 17.3 Å². The lowest BCUT2D eigenvalue weighted by molar-refractivity contribution is -0.138. The number of thioether (sulfide) groups is 1. The van der Waals surface area contributed by atoms with Crippen LogP contribution >= 0.6 is 11.8 Å². The molecular weight excluding hydrogens is 390 g/mol. The van der Waals surface area contributed by atoms with E-state index in [2.05, 4.69) is 12.2 Å². The SMILES string of the molecule is CCSCCOC(=O)C1=C(C)NC2=C(C(=O)CCC2)[C@@H]1c1ccc(O)c(OC)c1. The van der Waals surface area contributed by atoms with Crippen LogP contribution in [-0.4, -0.2) is 42.1 Å². The maximum Gasteiger partial charge on any atom is 0.336 e. The Morgan fingerprint density at radius 2 is 2.14 bits per heavy atom. The van der Waals surface area contributed by atoms with Crippen LogP contribution in [0.4, 0.5) is 0 Å². The third kappa shape index (κ3) is 4.45. The number of methoxy groups -OCH3 is 1. The van der Waals surface area contributed by atoms with Crippen LogP contribution in [0.5, 0.6) is 11.5 Å². The van der Waals surface area contributed by atoms with Gasteiger partial charge >= 0.3 is 5.97 Å². The number of hydrogen-bond donors (Lipinski definition) is 2.